The summed E-state index contributed by atoms with van der Waals surface area (Å²) in [6, 6.07) is 58.0. The second kappa shape index (κ2) is 11.0. The van der Waals surface area contributed by atoms with Gasteiger partial charge in [0, 0.05) is 74.9 Å². The van der Waals surface area contributed by atoms with Crippen LogP contribution in [0.25, 0.3) is 131 Å². The zero-order chi connectivity index (χ0) is 37.6. The summed E-state index contributed by atoms with van der Waals surface area (Å²) in [5.41, 5.74) is 11.6. The summed E-state index contributed by atoms with van der Waals surface area (Å²) < 4.78 is 13.8. The van der Waals surface area contributed by atoms with Gasteiger partial charge in [0.2, 0.25) is 0 Å². The van der Waals surface area contributed by atoms with E-state index < -0.39 is 0 Å². The van der Waals surface area contributed by atoms with Gasteiger partial charge in [-0.05, 0) is 78.9 Å². The summed E-state index contributed by atoms with van der Waals surface area (Å²) in [7, 11) is 0. The van der Waals surface area contributed by atoms with Crippen LogP contribution < -0.4 is 0 Å². The van der Waals surface area contributed by atoms with Crippen molar-refractivity contribution in [1.29, 1.82) is 0 Å². The van der Waals surface area contributed by atoms with E-state index in [1.807, 2.05) is 65.9 Å². The van der Waals surface area contributed by atoms with Gasteiger partial charge in [-0.25, -0.2) is 15.0 Å². The lowest BCUT2D eigenvalue weighted by Gasteiger charge is -2.11. The topological polar surface area (TPSA) is 61.2 Å². The van der Waals surface area contributed by atoms with E-state index in [1.165, 1.54) is 69.3 Å². The maximum Gasteiger partial charge on any atom is 0.164 e. The number of fused-ring (bicyclic) bond motifs is 7. The number of hydrogen-bond donors (Lipinski definition) is 0. The van der Waals surface area contributed by atoms with Gasteiger partial charge in [0.25, 0.3) is 0 Å². The molecule has 268 valence electrons. The standard InChI is InChI=1S/C51H27N5OS/c1-2-9-28(10-3-1)49-52-50(54-51(53-49)30-19-22-34-33-12-5-7-16-40(33)57-41(34)27-30)29-17-20-31(21-18-29)55-37-14-8-15-38-44(37)45-39(55)24-26-42-46(45)47-43(58-42)25-23-35-32-11-4-6-13-36(32)56(38)48(35)47/h1-27H. The maximum absolute atomic E-state index is 6.26. The van der Waals surface area contributed by atoms with E-state index in [1.54, 1.807) is 0 Å². The first kappa shape index (κ1) is 30.6. The lowest BCUT2D eigenvalue weighted by Crippen LogP contribution is -2.00. The molecular weight excluding hydrogens is 731 g/mol. The van der Waals surface area contributed by atoms with Crippen LogP contribution in [0.3, 0.4) is 0 Å². The van der Waals surface area contributed by atoms with E-state index in [0.29, 0.717) is 17.5 Å². The molecule has 0 aliphatic rings. The summed E-state index contributed by atoms with van der Waals surface area (Å²) in [4.78, 5) is 15.1. The fourth-order valence-corrected chi connectivity index (χ4v) is 10.7. The molecule has 6 aromatic heterocycles. The molecule has 0 bridgehead atoms. The third-order valence-corrected chi connectivity index (χ3v) is 13.2. The second-order valence-electron chi connectivity index (χ2n) is 15.2. The largest absolute Gasteiger partial charge is 0.456 e. The molecule has 0 saturated carbocycles. The Balaban J connectivity index is 0.974. The highest BCUT2D eigenvalue weighted by Crippen LogP contribution is 2.50. The van der Waals surface area contributed by atoms with E-state index in [0.717, 1.165) is 44.3 Å². The van der Waals surface area contributed by atoms with Crippen LogP contribution in [-0.4, -0.2) is 23.9 Å². The van der Waals surface area contributed by atoms with E-state index in [2.05, 4.69) is 118 Å². The van der Waals surface area contributed by atoms with Gasteiger partial charge in [-0.1, -0.05) is 84.9 Å². The van der Waals surface area contributed by atoms with Crippen molar-refractivity contribution in [3.05, 3.63) is 164 Å². The Hall–Kier alpha value is -7.61. The van der Waals surface area contributed by atoms with Gasteiger partial charge in [-0.15, -0.1) is 11.3 Å². The molecule has 14 aromatic rings. The Labute approximate surface area is 333 Å². The molecule has 6 nitrogen and oxygen atoms in total. The molecule has 0 N–H and O–H groups in total. The van der Waals surface area contributed by atoms with E-state index in [4.69, 9.17) is 19.4 Å². The predicted octanol–water partition coefficient (Wildman–Crippen LogP) is 13.7. The Morgan fingerprint density at radius 2 is 1.02 bits per heavy atom. The van der Waals surface area contributed by atoms with Gasteiger partial charge in [0.15, 0.2) is 17.5 Å². The van der Waals surface area contributed by atoms with Gasteiger partial charge >= 0.3 is 0 Å². The van der Waals surface area contributed by atoms with Crippen LogP contribution in [0.4, 0.5) is 0 Å². The van der Waals surface area contributed by atoms with Crippen LogP contribution in [0, 0.1) is 0 Å². The molecule has 0 aliphatic heterocycles. The first-order chi connectivity index (χ1) is 28.7. The average molecular weight is 758 g/mol. The molecule has 8 aromatic carbocycles. The Morgan fingerprint density at radius 3 is 1.88 bits per heavy atom. The number of para-hydroxylation sites is 2. The molecule has 0 fully saturated rings. The molecule has 14 rings (SSSR count). The molecule has 0 saturated heterocycles. The molecular formula is C51H27N5OS. The molecule has 0 unspecified atom stereocenters. The number of furan rings is 1. The summed E-state index contributed by atoms with van der Waals surface area (Å²) >= 11 is 1.89. The molecule has 0 radical (unpaired) electrons. The highest BCUT2D eigenvalue weighted by Gasteiger charge is 2.25. The van der Waals surface area contributed by atoms with Crippen molar-refractivity contribution in [2.75, 3.05) is 0 Å². The van der Waals surface area contributed by atoms with Crippen LogP contribution in [0.15, 0.2) is 168 Å². The van der Waals surface area contributed by atoms with Crippen molar-refractivity contribution in [3.63, 3.8) is 0 Å². The van der Waals surface area contributed by atoms with E-state index >= 15 is 0 Å². The van der Waals surface area contributed by atoms with Crippen LogP contribution >= 0.6 is 11.3 Å². The van der Waals surface area contributed by atoms with Gasteiger partial charge in [0.1, 0.15) is 11.2 Å². The van der Waals surface area contributed by atoms with Crippen LogP contribution in [0.1, 0.15) is 0 Å². The van der Waals surface area contributed by atoms with Crippen molar-refractivity contribution in [2.45, 2.75) is 0 Å². The van der Waals surface area contributed by atoms with Crippen molar-refractivity contribution in [1.82, 2.24) is 23.9 Å². The zero-order valence-corrected chi connectivity index (χ0v) is 31.5. The minimum Gasteiger partial charge on any atom is -0.456 e. The zero-order valence-electron chi connectivity index (χ0n) is 30.6. The SMILES string of the molecule is c1ccc(-c2nc(-c3ccc(-n4c5ccc6sc7ccc8c9ccccc9n9c%10cccc4c%10c5c6c7c89)cc3)nc(-c3ccc4c(c3)oc3ccccc34)n2)cc1. The lowest BCUT2D eigenvalue weighted by molar-refractivity contribution is 0.669. The highest BCUT2D eigenvalue weighted by atomic mass is 32.1. The predicted molar refractivity (Wildman–Crippen MR) is 239 cm³/mol. The molecule has 0 spiro atoms. The number of aromatic nitrogens is 5. The van der Waals surface area contributed by atoms with Crippen molar-refractivity contribution in [3.8, 4) is 39.9 Å². The Kier molecular flexibility index (Phi) is 5.82. The number of benzene rings is 8. The summed E-state index contributed by atoms with van der Waals surface area (Å²) in [6.07, 6.45) is 0. The smallest absolute Gasteiger partial charge is 0.164 e. The number of rotatable bonds is 4. The lowest BCUT2D eigenvalue weighted by atomic mass is 10.0. The molecule has 0 aliphatic carbocycles. The van der Waals surface area contributed by atoms with Gasteiger partial charge in [-0.2, -0.15) is 0 Å². The highest BCUT2D eigenvalue weighted by molar-refractivity contribution is 7.26. The molecule has 6 heterocycles. The van der Waals surface area contributed by atoms with Crippen LogP contribution in [0.2, 0.25) is 0 Å². The average Bonchev–Trinajstić information content (AvgIpc) is 4.01. The molecule has 58 heavy (non-hydrogen) atoms. The van der Waals surface area contributed by atoms with E-state index in [-0.39, 0.29) is 0 Å². The van der Waals surface area contributed by atoms with Gasteiger partial charge in [-0.3, -0.25) is 0 Å². The van der Waals surface area contributed by atoms with Gasteiger partial charge < -0.3 is 13.4 Å². The first-order valence-corrected chi connectivity index (χ1v) is 20.3. The number of nitrogens with zero attached hydrogens (tertiary/aromatic N) is 5. The Morgan fingerprint density at radius 1 is 0.397 bits per heavy atom. The quantitative estimate of drug-likeness (QED) is 0.179. The minimum atomic E-state index is 0.595. The van der Waals surface area contributed by atoms with Crippen LogP contribution in [-0.2, 0) is 0 Å². The number of hydrogen-bond acceptors (Lipinski definition) is 5. The van der Waals surface area contributed by atoms with Crippen molar-refractivity contribution < 1.29 is 4.42 Å². The fourth-order valence-electron chi connectivity index (χ4n) is 9.62. The first-order valence-electron chi connectivity index (χ1n) is 19.4. The summed E-state index contributed by atoms with van der Waals surface area (Å²) in [6.45, 7) is 0. The second-order valence-corrected chi connectivity index (χ2v) is 16.2. The van der Waals surface area contributed by atoms with Gasteiger partial charge in [0.05, 0.1) is 27.6 Å². The number of thiophene rings is 1. The van der Waals surface area contributed by atoms with E-state index in [9.17, 15) is 0 Å². The molecule has 0 amide bonds. The summed E-state index contributed by atoms with van der Waals surface area (Å²) in [5, 5.41) is 10.0. The molecule has 0 atom stereocenters. The maximum atomic E-state index is 6.26. The molecule has 7 heteroatoms. The van der Waals surface area contributed by atoms with Crippen molar-refractivity contribution >= 4 is 103 Å². The fraction of sp³-hybridized carbons (Fsp3) is 0. The van der Waals surface area contributed by atoms with Crippen molar-refractivity contribution in [2.24, 2.45) is 0 Å². The third kappa shape index (κ3) is 3.97. The van der Waals surface area contributed by atoms with Crippen LogP contribution in [0.5, 0.6) is 0 Å². The monoisotopic (exact) mass is 757 g/mol. The third-order valence-electron chi connectivity index (χ3n) is 12.1. The minimum absolute atomic E-state index is 0.595. The Bertz CT molecular complexity index is 3960. The normalized spacial score (nSPS) is 12.5. The summed E-state index contributed by atoms with van der Waals surface area (Å²) in [5.74, 6) is 1.83.